The fourth-order valence-corrected chi connectivity index (χ4v) is 3.28. The highest BCUT2D eigenvalue weighted by Crippen LogP contribution is 2.23. The maximum absolute atomic E-state index is 12.3. The molecule has 19 heavy (non-hydrogen) atoms. The zero-order chi connectivity index (χ0) is 14.0. The topological polar surface area (TPSA) is 54.5 Å². The summed E-state index contributed by atoms with van der Waals surface area (Å²) in [5, 5.41) is 0. The van der Waals surface area contributed by atoms with Gasteiger partial charge < -0.3 is 4.90 Å². The molecule has 0 aromatic heterocycles. The summed E-state index contributed by atoms with van der Waals surface area (Å²) in [5.41, 5.74) is 0.309. The molecule has 1 aromatic carbocycles. The van der Waals surface area contributed by atoms with Crippen molar-refractivity contribution < 1.29 is 13.2 Å². The van der Waals surface area contributed by atoms with Gasteiger partial charge in [-0.05, 0) is 24.6 Å². The molecule has 0 saturated carbocycles. The van der Waals surface area contributed by atoms with E-state index in [0.717, 1.165) is 6.42 Å². The van der Waals surface area contributed by atoms with Gasteiger partial charge in [0.05, 0.1) is 4.90 Å². The van der Waals surface area contributed by atoms with Crippen molar-refractivity contribution in [3.05, 3.63) is 40.4 Å². The lowest BCUT2D eigenvalue weighted by molar-refractivity contribution is 0.0770. The molecule has 1 heterocycles. The molecule has 0 atom stereocenters. The summed E-state index contributed by atoms with van der Waals surface area (Å²) in [6.07, 6.45) is 4.73. The summed E-state index contributed by atoms with van der Waals surface area (Å²) < 4.78 is 23.2. The summed E-state index contributed by atoms with van der Waals surface area (Å²) in [6, 6.07) is 4.26. The number of carbonyl (C=O) groups is 1. The number of halogens is 2. The van der Waals surface area contributed by atoms with Crippen molar-refractivity contribution in [1.82, 2.24) is 4.90 Å². The summed E-state index contributed by atoms with van der Waals surface area (Å²) >= 11 is 3.19. The first-order chi connectivity index (χ1) is 8.88. The first-order valence-corrected chi connectivity index (χ1v) is 8.68. The molecule has 1 amide bonds. The molecule has 2 rings (SSSR count). The van der Waals surface area contributed by atoms with E-state index in [1.165, 1.54) is 12.1 Å². The molecule has 4 nitrogen and oxygen atoms in total. The fourth-order valence-electron chi connectivity index (χ4n) is 1.84. The highest BCUT2D eigenvalue weighted by Gasteiger charge is 2.19. The largest absolute Gasteiger partial charge is 0.335 e. The smallest absolute Gasteiger partial charge is 0.261 e. The van der Waals surface area contributed by atoms with E-state index in [-0.39, 0.29) is 10.8 Å². The van der Waals surface area contributed by atoms with Crippen LogP contribution in [0.15, 0.2) is 39.7 Å². The molecule has 7 heteroatoms. The van der Waals surface area contributed by atoms with Crippen molar-refractivity contribution >= 4 is 41.6 Å². The average molecular weight is 365 g/mol. The van der Waals surface area contributed by atoms with E-state index in [2.05, 4.69) is 15.9 Å². The summed E-state index contributed by atoms with van der Waals surface area (Å²) in [4.78, 5) is 13.8. The van der Waals surface area contributed by atoms with Crippen LogP contribution in [0.2, 0.25) is 0 Å². The minimum atomic E-state index is -3.85. The van der Waals surface area contributed by atoms with Gasteiger partial charge in [0.2, 0.25) is 0 Å². The van der Waals surface area contributed by atoms with Gasteiger partial charge >= 0.3 is 0 Å². The molecule has 0 spiro atoms. The van der Waals surface area contributed by atoms with Gasteiger partial charge in [0.1, 0.15) is 0 Å². The lowest BCUT2D eigenvalue weighted by Crippen LogP contribution is -2.33. The van der Waals surface area contributed by atoms with Gasteiger partial charge in [-0.3, -0.25) is 4.79 Å². The van der Waals surface area contributed by atoms with E-state index in [4.69, 9.17) is 10.7 Å². The third-order valence-electron chi connectivity index (χ3n) is 2.75. The number of hydrogen-bond donors (Lipinski definition) is 0. The monoisotopic (exact) mass is 363 g/mol. The van der Waals surface area contributed by atoms with Crippen molar-refractivity contribution in [2.45, 2.75) is 11.3 Å². The van der Waals surface area contributed by atoms with Crippen LogP contribution in [0.25, 0.3) is 0 Å². The lowest BCUT2D eigenvalue weighted by atomic mass is 10.1. The highest BCUT2D eigenvalue weighted by atomic mass is 79.9. The zero-order valence-corrected chi connectivity index (χ0v) is 13.0. The van der Waals surface area contributed by atoms with E-state index < -0.39 is 9.05 Å². The second-order valence-electron chi connectivity index (χ2n) is 4.12. The molecular formula is C12H11BrClNO3S. The van der Waals surface area contributed by atoms with Crippen LogP contribution < -0.4 is 0 Å². The van der Waals surface area contributed by atoms with Gasteiger partial charge in [-0.1, -0.05) is 28.1 Å². The quantitative estimate of drug-likeness (QED) is 0.599. The van der Waals surface area contributed by atoms with Crippen molar-refractivity contribution in [3.8, 4) is 0 Å². The van der Waals surface area contributed by atoms with Crippen LogP contribution in [0.1, 0.15) is 16.8 Å². The molecule has 0 saturated heterocycles. The van der Waals surface area contributed by atoms with Crippen molar-refractivity contribution in [1.29, 1.82) is 0 Å². The molecule has 102 valence electrons. The van der Waals surface area contributed by atoms with Gasteiger partial charge in [-0.25, -0.2) is 8.42 Å². The van der Waals surface area contributed by atoms with Crippen LogP contribution in [-0.2, 0) is 9.05 Å². The lowest BCUT2D eigenvalue weighted by Gasteiger charge is -2.23. The van der Waals surface area contributed by atoms with E-state index in [9.17, 15) is 13.2 Å². The molecule has 1 aliphatic rings. The first-order valence-electron chi connectivity index (χ1n) is 5.57. The molecular weight excluding hydrogens is 354 g/mol. The van der Waals surface area contributed by atoms with Crippen LogP contribution in [0, 0.1) is 0 Å². The minimum Gasteiger partial charge on any atom is -0.335 e. The molecule has 0 radical (unpaired) electrons. The summed E-state index contributed by atoms with van der Waals surface area (Å²) in [6.45, 7) is 1.17. The Morgan fingerprint density at radius 3 is 2.58 bits per heavy atom. The average Bonchev–Trinajstić information content (AvgIpc) is 2.37. The van der Waals surface area contributed by atoms with Gasteiger partial charge in [0.25, 0.3) is 15.0 Å². The maximum atomic E-state index is 12.3. The Balaban J connectivity index is 2.37. The van der Waals surface area contributed by atoms with Crippen LogP contribution in [0.5, 0.6) is 0 Å². The summed E-state index contributed by atoms with van der Waals surface area (Å²) in [5.74, 6) is -0.202. The predicted octanol–water partition coefficient (Wildman–Crippen LogP) is 2.78. The van der Waals surface area contributed by atoms with E-state index >= 15 is 0 Å². The molecule has 0 aliphatic carbocycles. The van der Waals surface area contributed by atoms with Crippen molar-refractivity contribution in [2.75, 3.05) is 13.1 Å². The summed E-state index contributed by atoms with van der Waals surface area (Å²) in [7, 11) is 1.45. The fraction of sp³-hybridized carbons (Fsp3) is 0.250. The molecule has 0 fully saturated rings. The van der Waals surface area contributed by atoms with Gasteiger partial charge in [0.15, 0.2) is 0 Å². The third-order valence-corrected chi connectivity index (χ3v) is 4.54. The minimum absolute atomic E-state index is 0.0838. The van der Waals surface area contributed by atoms with E-state index in [1.54, 1.807) is 11.0 Å². The number of amides is 1. The van der Waals surface area contributed by atoms with Crippen LogP contribution >= 0.6 is 26.6 Å². The van der Waals surface area contributed by atoms with Crippen molar-refractivity contribution in [2.24, 2.45) is 0 Å². The second kappa shape index (κ2) is 5.64. The Morgan fingerprint density at radius 2 is 2.00 bits per heavy atom. The second-order valence-corrected chi connectivity index (χ2v) is 7.61. The molecule has 0 bridgehead atoms. The van der Waals surface area contributed by atoms with Crippen LogP contribution in [0.4, 0.5) is 0 Å². The van der Waals surface area contributed by atoms with Crippen LogP contribution in [0.3, 0.4) is 0 Å². The Labute approximate surface area is 124 Å². The Kier molecular flexibility index (Phi) is 4.32. The number of hydrogen-bond acceptors (Lipinski definition) is 3. The van der Waals surface area contributed by atoms with Gasteiger partial charge in [-0.2, -0.15) is 0 Å². The third kappa shape index (κ3) is 3.58. The Bertz CT molecular complexity index is 642. The Morgan fingerprint density at radius 1 is 1.26 bits per heavy atom. The van der Waals surface area contributed by atoms with Gasteiger partial charge in [0, 0.05) is 33.8 Å². The van der Waals surface area contributed by atoms with Crippen LogP contribution in [-0.4, -0.2) is 32.3 Å². The zero-order valence-electron chi connectivity index (χ0n) is 9.84. The highest BCUT2D eigenvalue weighted by molar-refractivity contribution is 9.10. The maximum Gasteiger partial charge on any atom is 0.261 e. The molecule has 0 N–H and O–H groups in total. The number of rotatable bonds is 2. The molecule has 0 unspecified atom stereocenters. The number of benzene rings is 1. The predicted molar refractivity (Wildman–Crippen MR) is 76.8 cm³/mol. The number of nitrogens with zero attached hydrogens (tertiary/aromatic N) is 1. The van der Waals surface area contributed by atoms with Crippen molar-refractivity contribution in [3.63, 3.8) is 0 Å². The Hall–Kier alpha value is -0.850. The number of carbonyl (C=O) groups excluding carboxylic acids is 1. The SMILES string of the molecule is O=C(c1cc(Br)cc(S(=O)(=O)Cl)c1)N1CC=CCC1. The van der Waals surface area contributed by atoms with Gasteiger partial charge in [-0.15, -0.1) is 0 Å². The van der Waals surface area contributed by atoms with E-state index in [0.29, 0.717) is 23.1 Å². The molecule has 1 aliphatic heterocycles. The first kappa shape index (κ1) is 14.6. The standard InChI is InChI=1S/C12H11BrClNO3S/c13-10-6-9(7-11(8-10)19(14,17)18)12(16)15-4-2-1-3-5-15/h1-2,6-8H,3-5H2. The normalized spacial score (nSPS) is 15.6. The van der Waals surface area contributed by atoms with E-state index in [1.807, 2.05) is 12.2 Å². The molecule has 1 aromatic rings.